The van der Waals surface area contributed by atoms with E-state index in [0.29, 0.717) is 6.54 Å². The fourth-order valence-corrected chi connectivity index (χ4v) is 1.92. The molecule has 0 spiro atoms. The van der Waals surface area contributed by atoms with Crippen LogP contribution in [0.2, 0.25) is 0 Å². The van der Waals surface area contributed by atoms with Gasteiger partial charge in [-0.2, -0.15) is 0 Å². The van der Waals surface area contributed by atoms with E-state index in [1.807, 2.05) is 26.0 Å². The standard InChI is InChI=1S/C16H25NO2/c1-11(2)14(15(18)19)10-17-13-8-6-12(7-9-13)16(3,4)5/h6-9,11,14,17H,10H2,1-5H3,(H,18,19). The summed E-state index contributed by atoms with van der Waals surface area (Å²) in [5.74, 6) is -0.977. The van der Waals surface area contributed by atoms with Crippen molar-refractivity contribution in [3.05, 3.63) is 29.8 Å². The molecule has 1 atom stereocenters. The summed E-state index contributed by atoms with van der Waals surface area (Å²) in [4.78, 5) is 11.1. The highest BCUT2D eigenvalue weighted by atomic mass is 16.4. The third kappa shape index (κ3) is 4.58. The van der Waals surface area contributed by atoms with E-state index < -0.39 is 5.97 Å². The molecule has 0 saturated heterocycles. The molecule has 0 heterocycles. The van der Waals surface area contributed by atoms with Gasteiger partial charge in [-0.25, -0.2) is 0 Å². The van der Waals surface area contributed by atoms with E-state index in [1.165, 1.54) is 5.56 Å². The first-order valence-corrected chi connectivity index (χ1v) is 6.79. The zero-order chi connectivity index (χ0) is 14.6. The van der Waals surface area contributed by atoms with E-state index in [0.717, 1.165) is 5.69 Å². The minimum atomic E-state index is -0.742. The molecule has 0 amide bonds. The second kappa shape index (κ2) is 6.09. The van der Waals surface area contributed by atoms with Crippen molar-refractivity contribution in [3.63, 3.8) is 0 Å². The maximum atomic E-state index is 11.1. The largest absolute Gasteiger partial charge is 0.481 e. The molecule has 0 bridgehead atoms. The average molecular weight is 263 g/mol. The van der Waals surface area contributed by atoms with Gasteiger partial charge in [0.1, 0.15) is 0 Å². The molecule has 0 radical (unpaired) electrons. The fraction of sp³-hybridized carbons (Fsp3) is 0.562. The Morgan fingerprint density at radius 3 is 2.11 bits per heavy atom. The third-order valence-corrected chi connectivity index (χ3v) is 3.40. The van der Waals surface area contributed by atoms with Crippen molar-refractivity contribution < 1.29 is 9.90 Å². The van der Waals surface area contributed by atoms with Gasteiger partial charge in [-0.15, -0.1) is 0 Å². The Morgan fingerprint density at radius 1 is 1.21 bits per heavy atom. The molecule has 3 nitrogen and oxygen atoms in total. The fourth-order valence-electron chi connectivity index (χ4n) is 1.92. The van der Waals surface area contributed by atoms with Gasteiger partial charge in [0.2, 0.25) is 0 Å². The van der Waals surface area contributed by atoms with Gasteiger partial charge in [-0.05, 0) is 29.0 Å². The molecule has 0 aliphatic heterocycles. The molecule has 2 N–H and O–H groups in total. The zero-order valence-electron chi connectivity index (χ0n) is 12.5. The van der Waals surface area contributed by atoms with Crippen LogP contribution in [0.25, 0.3) is 0 Å². The van der Waals surface area contributed by atoms with Gasteiger partial charge in [0, 0.05) is 12.2 Å². The van der Waals surface area contributed by atoms with Gasteiger partial charge in [0.05, 0.1) is 5.92 Å². The number of aliphatic carboxylic acids is 1. The first-order chi connectivity index (χ1) is 8.71. The average Bonchev–Trinajstić information content (AvgIpc) is 2.27. The molecule has 1 aromatic carbocycles. The number of carbonyl (C=O) groups is 1. The molecule has 1 aromatic rings. The molecule has 19 heavy (non-hydrogen) atoms. The molecule has 0 saturated carbocycles. The number of carboxylic acid groups (broad SMARTS) is 1. The molecule has 0 fully saturated rings. The highest BCUT2D eigenvalue weighted by Crippen LogP contribution is 2.23. The highest BCUT2D eigenvalue weighted by molar-refractivity contribution is 5.71. The van der Waals surface area contributed by atoms with Crippen LogP contribution in [0.15, 0.2) is 24.3 Å². The summed E-state index contributed by atoms with van der Waals surface area (Å²) in [7, 11) is 0. The van der Waals surface area contributed by atoms with Crippen molar-refractivity contribution in [2.45, 2.75) is 40.0 Å². The summed E-state index contributed by atoms with van der Waals surface area (Å²) in [6, 6.07) is 8.21. The Bertz CT molecular complexity index is 415. The van der Waals surface area contributed by atoms with Gasteiger partial charge in [0.15, 0.2) is 0 Å². The lowest BCUT2D eigenvalue weighted by atomic mass is 9.87. The quantitative estimate of drug-likeness (QED) is 0.850. The predicted molar refractivity (Wildman–Crippen MR) is 79.6 cm³/mol. The topological polar surface area (TPSA) is 49.3 Å². The van der Waals surface area contributed by atoms with Crippen LogP contribution < -0.4 is 5.32 Å². The second-order valence-electron chi connectivity index (χ2n) is 6.40. The van der Waals surface area contributed by atoms with Crippen molar-refractivity contribution in [2.24, 2.45) is 11.8 Å². The maximum Gasteiger partial charge on any atom is 0.308 e. The number of carboxylic acids is 1. The minimum Gasteiger partial charge on any atom is -0.481 e. The lowest BCUT2D eigenvalue weighted by molar-refractivity contribution is -0.142. The van der Waals surface area contributed by atoms with Crippen molar-refractivity contribution >= 4 is 11.7 Å². The number of benzene rings is 1. The number of hydrogen-bond donors (Lipinski definition) is 2. The van der Waals surface area contributed by atoms with Crippen LogP contribution in [-0.2, 0) is 10.2 Å². The summed E-state index contributed by atoms with van der Waals surface area (Å²) in [6.07, 6.45) is 0. The monoisotopic (exact) mass is 263 g/mol. The first-order valence-electron chi connectivity index (χ1n) is 6.79. The van der Waals surface area contributed by atoms with Crippen molar-refractivity contribution in [2.75, 3.05) is 11.9 Å². The van der Waals surface area contributed by atoms with Gasteiger partial charge in [-0.3, -0.25) is 4.79 Å². The number of nitrogens with one attached hydrogen (secondary N) is 1. The molecular formula is C16H25NO2. The zero-order valence-corrected chi connectivity index (χ0v) is 12.5. The summed E-state index contributed by atoms with van der Waals surface area (Å²) in [5, 5.41) is 12.3. The Labute approximate surface area is 116 Å². The molecule has 0 aliphatic carbocycles. The Morgan fingerprint density at radius 2 is 1.74 bits per heavy atom. The first kappa shape index (κ1) is 15.5. The van der Waals surface area contributed by atoms with Gasteiger partial charge < -0.3 is 10.4 Å². The second-order valence-corrected chi connectivity index (χ2v) is 6.40. The summed E-state index contributed by atoms with van der Waals surface area (Å²) in [6.45, 7) is 10.9. The summed E-state index contributed by atoms with van der Waals surface area (Å²) < 4.78 is 0. The summed E-state index contributed by atoms with van der Waals surface area (Å²) >= 11 is 0. The Kier molecular flexibility index (Phi) is 4.98. The van der Waals surface area contributed by atoms with Crippen LogP contribution in [0, 0.1) is 11.8 Å². The molecule has 1 unspecified atom stereocenters. The van der Waals surface area contributed by atoms with Crippen LogP contribution in [0.4, 0.5) is 5.69 Å². The van der Waals surface area contributed by atoms with Gasteiger partial charge in [0.25, 0.3) is 0 Å². The van der Waals surface area contributed by atoms with Gasteiger partial charge >= 0.3 is 5.97 Å². The smallest absolute Gasteiger partial charge is 0.308 e. The molecule has 0 aromatic heterocycles. The molecule has 3 heteroatoms. The Hall–Kier alpha value is -1.51. The van der Waals surface area contributed by atoms with Crippen LogP contribution in [0.1, 0.15) is 40.2 Å². The van der Waals surface area contributed by atoms with Crippen LogP contribution in [0.3, 0.4) is 0 Å². The lowest BCUT2D eigenvalue weighted by Gasteiger charge is -2.20. The Balaban J connectivity index is 2.66. The molecule has 1 rings (SSSR count). The molecule has 106 valence electrons. The van der Waals surface area contributed by atoms with E-state index in [2.05, 4.69) is 38.2 Å². The van der Waals surface area contributed by atoms with E-state index >= 15 is 0 Å². The molecular weight excluding hydrogens is 238 g/mol. The minimum absolute atomic E-state index is 0.124. The van der Waals surface area contributed by atoms with Crippen molar-refractivity contribution in [3.8, 4) is 0 Å². The maximum absolute atomic E-state index is 11.1. The lowest BCUT2D eigenvalue weighted by Crippen LogP contribution is -2.27. The number of anilines is 1. The van der Waals surface area contributed by atoms with E-state index in [9.17, 15) is 4.79 Å². The van der Waals surface area contributed by atoms with Crippen LogP contribution >= 0.6 is 0 Å². The SMILES string of the molecule is CC(C)C(CNc1ccc(C(C)(C)C)cc1)C(=O)O. The van der Waals surface area contributed by atoms with Crippen molar-refractivity contribution in [1.82, 2.24) is 0 Å². The van der Waals surface area contributed by atoms with Crippen LogP contribution in [0.5, 0.6) is 0 Å². The van der Waals surface area contributed by atoms with Gasteiger partial charge in [-0.1, -0.05) is 46.8 Å². The number of rotatable bonds is 5. The van der Waals surface area contributed by atoms with Crippen molar-refractivity contribution in [1.29, 1.82) is 0 Å². The third-order valence-electron chi connectivity index (χ3n) is 3.40. The normalized spacial score (nSPS) is 13.4. The van der Waals surface area contributed by atoms with E-state index in [1.54, 1.807) is 0 Å². The summed E-state index contributed by atoms with van der Waals surface area (Å²) in [5.41, 5.74) is 2.39. The molecule has 0 aliphatic rings. The van der Waals surface area contributed by atoms with E-state index in [4.69, 9.17) is 5.11 Å². The van der Waals surface area contributed by atoms with Crippen LogP contribution in [-0.4, -0.2) is 17.6 Å². The number of hydrogen-bond acceptors (Lipinski definition) is 2. The highest BCUT2D eigenvalue weighted by Gasteiger charge is 2.21. The van der Waals surface area contributed by atoms with E-state index in [-0.39, 0.29) is 17.3 Å². The predicted octanol–water partition coefficient (Wildman–Crippen LogP) is 3.75.